The lowest BCUT2D eigenvalue weighted by molar-refractivity contribution is -0.136. The van der Waals surface area contributed by atoms with Crippen LogP contribution in [-0.2, 0) is 16.1 Å². The van der Waals surface area contributed by atoms with E-state index in [9.17, 15) is 9.59 Å². The van der Waals surface area contributed by atoms with Crippen LogP contribution in [0.2, 0.25) is 0 Å². The first-order chi connectivity index (χ1) is 15.9. The van der Waals surface area contributed by atoms with Gasteiger partial charge in [0, 0.05) is 23.0 Å². The van der Waals surface area contributed by atoms with Gasteiger partial charge in [0.05, 0.1) is 19.9 Å². The van der Waals surface area contributed by atoms with Crippen LogP contribution in [0.15, 0.2) is 53.2 Å². The van der Waals surface area contributed by atoms with Gasteiger partial charge in [-0.2, -0.15) is 5.26 Å². The predicted molar refractivity (Wildman–Crippen MR) is 120 cm³/mol. The first-order valence-electron chi connectivity index (χ1n) is 10.2. The quantitative estimate of drug-likeness (QED) is 0.261. The van der Waals surface area contributed by atoms with Crippen LogP contribution < -0.4 is 9.47 Å². The molecule has 3 rings (SSSR count). The monoisotopic (exact) mass is 448 g/mol. The number of nitrogens with zero attached hydrogens (tertiary/aromatic N) is 2. The summed E-state index contributed by atoms with van der Waals surface area (Å²) in [6.45, 7) is 3.81. The van der Waals surface area contributed by atoms with Crippen LogP contribution in [0.5, 0.6) is 11.5 Å². The molecular formula is C25H24N2O6. The summed E-state index contributed by atoms with van der Waals surface area (Å²) >= 11 is 0. The SMILES string of the molecule is COc1cc(C=CC(=O)OCC(=O)c2cc(C)n(Cc3ccco3)c2C)ccc1OCC#N. The van der Waals surface area contributed by atoms with Gasteiger partial charge in [-0.15, -0.1) is 0 Å². The van der Waals surface area contributed by atoms with E-state index in [2.05, 4.69) is 0 Å². The molecule has 0 spiro atoms. The Labute approximate surface area is 191 Å². The summed E-state index contributed by atoms with van der Waals surface area (Å²) in [6, 6.07) is 12.4. The third-order valence-corrected chi connectivity index (χ3v) is 5.01. The molecule has 0 unspecified atom stereocenters. The molecule has 0 aliphatic rings. The number of aromatic nitrogens is 1. The summed E-state index contributed by atoms with van der Waals surface area (Å²) in [7, 11) is 1.48. The highest BCUT2D eigenvalue weighted by atomic mass is 16.5. The molecule has 1 aromatic carbocycles. The summed E-state index contributed by atoms with van der Waals surface area (Å²) < 4.78 is 23.0. The van der Waals surface area contributed by atoms with Crippen molar-refractivity contribution in [1.82, 2.24) is 4.57 Å². The van der Waals surface area contributed by atoms with E-state index in [1.165, 1.54) is 13.2 Å². The van der Waals surface area contributed by atoms with Crippen molar-refractivity contribution >= 4 is 17.8 Å². The lowest BCUT2D eigenvalue weighted by Gasteiger charge is -2.08. The summed E-state index contributed by atoms with van der Waals surface area (Å²) in [6.07, 6.45) is 4.38. The molecule has 0 N–H and O–H groups in total. The van der Waals surface area contributed by atoms with Gasteiger partial charge in [0.25, 0.3) is 0 Å². The highest BCUT2D eigenvalue weighted by Gasteiger charge is 2.17. The molecule has 0 aliphatic carbocycles. The lowest BCUT2D eigenvalue weighted by Crippen LogP contribution is -2.13. The average Bonchev–Trinajstić information content (AvgIpc) is 3.43. The number of carbonyl (C=O) groups excluding carboxylic acids is 2. The van der Waals surface area contributed by atoms with E-state index in [-0.39, 0.29) is 19.0 Å². The zero-order chi connectivity index (χ0) is 23.8. The molecule has 3 aromatic rings. The van der Waals surface area contributed by atoms with Crippen LogP contribution in [0.3, 0.4) is 0 Å². The van der Waals surface area contributed by atoms with Gasteiger partial charge in [0.1, 0.15) is 11.8 Å². The molecule has 8 nitrogen and oxygen atoms in total. The molecule has 0 atom stereocenters. The van der Waals surface area contributed by atoms with E-state index < -0.39 is 5.97 Å². The fraction of sp³-hybridized carbons (Fsp3) is 0.240. The number of methoxy groups -OCH3 is 1. The minimum Gasteiger partial charge on any atom is -0.493 e. The van der Waals surface area contributed by atoms with Gasteiger partial charge in [0.15, 0.2) is 24.7 Å². The van der Waals surface area contributed by atoms with Crippen molar-refractivity contribution in [3.05, 3.63) is 77.0 Å². The van der Waals surface area contributed by atoms with E-state index in [0.29, 0.717) is 29.2 Å². The first-order valence-corrected chi connectivity index (χ1v) is 10.2. The Kier molecular flexibility index (Phi) is 7.71. The molecule has 0 amide bonds. The van der Waals surface area contributed by atoms with Crippen molar-refractivity contribution in [3.8, 4) is 17.6 Å². The molecule has 2 heterocycles. The fourth-order valence-electron chi connectivity index (χ4n) is 3.33. The zero-order valence-corrected chi connectivity index (χ0v) is 18.7. The molecule has 0 aliphatic heterocycles. The number of esters is 1. The molecule has 2 aromatic heterocycles. The minimum absolute atomic E-state index is 0.100. The Morgan fingerprint density at radius 1 is 1.18 bits per heavy atom. The average molecular weight is 448 g/mol. The van der Waals surface area contributed by atoms with Gasteiger partial charge in [0.2, 0.25) is 5.78 Å². The van der Waals surface area contributed by atoms with Crippen molar-refractivity contribution in [3.63, 3.8) is 0 Å². The molecule has 33 heavy (non-hydrogen) atoms. The molecule has 170 valence electrons. The number of nitriles is 1. The fourth-order valence-corrected chi connectivity index (χ4v) is 3.33. The van der Waals surface area contributed by atoms with E-state index in [1.807, 2.05) is 36.6 Å². The maximum absolute atomic E-state index is 12.6. The minimum atomic E-state index is -0.642. The van der Waals surface area contributed by atoms with Crippen LogP contribution in [0.4, 0.5) is 0 Å². The maximum Gasteiger partial charge on any atom is 0.331 e. The predicted octanol–water partition coefficient (Wildman–Crippen LogP) is 4.10. The summed E-state index contributed by atoms with van der Waals surface area (Å²) in [4.78, 5) is 24.7. The maximum atomic E-state index is 12.6. The second kappa shape index (κ2) is 10.9. The van der Waals surface area contributed by atoms with Gasteiger partial charge in [-0.1, -0.05) is 6.07 Å². The van der Waals surface area contributed by atoms with Crippen molar-refractivity contribution in [1.29, 1.82) is 5.26 Å². The van der Waals surface area contributed by atoms with Gasteiger partial charge >= 0.3 is 5.97 Å². The van der Waals surface area contributed by atoms with E-state index in [1.54, 1.807) is 36.6 Å². The zero-order valence-electron chi connectivity index (χ0n) is 18.7. The second-order valence-electron chi connectivity index (χ2n) is 7.17. The topological polar surface area (TPSA) is 104 Å². The largest absolute Gasteiger partial charge is 0.493 e. The van der Waals surface area contributed by atoms with E-state index in [0.717, 1.165) is 17.1 Å². The number of aryl methyl sites for hydroxylation is 1. The normalized spacial score (nSPS) is 10.7. The molecule has 0 saturated carbocycles. The van der Waals surface area contributed by atoms with Crippen LogP contribution in [0.1, 0.15) is 33.1 Å². The third kappa shape index (κ3) is 5.92. The molecular weight excluding hydrogens is 424 g/mol. The Hall–Kier alpha value is -4.25. The van der Waals surface area contributed by atoms with Crippen molar-refractivity contribution in [2.75, 3.05) is 20.3 Å². The Balaban J connectivity index is 1.59. The Morgan fingerprint density at radius 2 is 2.00 bits per heavy atom. The third-order valence-electron chi connectivity index (χ3n) is 5.01. The summed E-state index contributed by atoms with van der Waals surface area (Å²) in [5.74, 6) is 0.719. The van der Waals surface area contributed by atoms with E-state index in [4.69, 9.17) is 23.9 Å². The van der Waals surface area contributed by atoms with Gasteiger partial charge in [-0.05, 0) is 55.8 Å². The highest BCUT2D eigenvalue weighted by molar-refractivity contribution is 6.00. The number of rotatable bonds is 10. The van der Waals surface area contributed by atoms with Gasteiger partial charge < -0.3 is 23.2 Å². The number of Topliss-reactive ketones (excluding diaryl/α,β-unsaturated/α-hetero) is 1. The Bertz CT molecular complexity index is 1200. The summed E-state index contributed by atoms with van der Waals surface area (Å²) in [5, 5.41) is 8.63. The van der Waals surface area contributed by atoms with Crippen molar-refractivity contribution in [2.24, 2.45) is 0 Å². The molecule has 0 bridgehead atoms. The number of benzene rings is 1. The van der Waals surface area contributed by atoms with Crippen LogP contribution in [-0.4, -0.2) is 36.6 Å². The standard InChI is InChI=1S/C25H24N2O6/c1-17-13-21(18(2)27(17)15-20-5-4-11-31-20)22(28)16-33-25(29)9-7-19-6-8-23(32-12-10-26)24(14-19)30-3/h4-9,11,13-14H,12,15-16H2,1-3H3. The second-order valence-corrected chi connectivity index (χ2v) is 7.17. The van der Waals surface area contributed by atoms with Crippen molar-refractivity contribution < 1.29 is 28.2 Å². The Morgan fingerprint density at radius 3 is 2.70 bits per heavy atom. The number of carbonyl (C=O) groups is 2. The number of ketones is 1. The first kappa shape index (κ1) is 23.4. The number of ether oxygens (including phenoxy) is 3. The summed E-state index contributed by atoms with van der Waals surface area (Å²) in [5.41, 5.74) is 2.87. The van der Waals surface area contributed by atoms with Crippen LogP contribution >= 0.6 is 0 Å². The van der Waals surface area contributed by atoms with Gasteiger partial charge in [-0.3, -0.25) is 4.79 Å². The van der Waals surface area contributed by atoms with Crippen LogP contribution in [0.25, 0.3) is 6.08 Å². The van der Waals surface area contributed by atoms with Crippen molar-refractivity contribution in [2.45, 2.75) is 20.4 Å². The number of hydrogen-bond donors (Lipinski definition) is 0. The highest BCUT2D eigenvalue weighted by Crippen LogP contribution is 2.28. The van der Waals surface area contributed by atoms with E-state index >= 15 is 0 Å². The molecule has 0 fully saturated rings. The smallest absolute Gasteiger partial charge is 0.331 e. The number of furan rings is 1. The lowest BCUT2D eigenvalue weighted by atomic mass is 10.1. The molecule has 0 saturated heterocycles. The van der Waals surface area contributed by atoms with Crippen LogP contribution in [0, 0.1) is 25.2 Å². The molecule has 8 heteroatoms. The van der Waals surface area contributed by atoms with Gasteiger partial charge in [-0.25, -0.2) is 4.79 Å². The number of hydrogen-bond acceptors (Lipinski definition) is 7. The molecule has 0 radical (unpaired) electrons.